The third-order valence-corrected chi connectivity index (χ3v) is 10.9. The largest absolute Gasteiger partial charge is 0.519 e. The molecule has 296 valence electrons. The number of carbonyl (C=O) groups excluding carboxylic acids is 1. The zero-order valence-corrected chi connectivity index (χ0v) is 34.8. The molecule has 0 fully saturated rings. The minimum atomic E-state index is -0.610. The minimum Gasteiger partial charge on any atom is -0.394 e. The molecule has 0 aliphatic heterocycles. The Hall–Kier alpha value is -2.29. The van der Waals surface area contributed by atoms with Gasteiger partial charge in [0.05, 0.1) is 0 Å². The Morgan fingerprint density at radius 3 is 0.942 bits per heavy atom. The molecule has 52 heavy (non-hydrogen) atoms. The molecule has 0 amide bonds. The van der Waals surface area contributed by atoms with Gasteiger partial charge in [0.1, 0.15) is 11.5 Å². The highest BCUT2D eigenvalue weighted by atomic mass is 16.7. The monoisotopic (exact) mass is 719 g/mol. The number of rotatable bonds is 34. The van der Waals surface area contributed by atoms with Crippen molar-refractivity contribution in [2.75, 3.05) is 0 Å². The minimum absolute atomic E-state index is 0.610. The van der Waals surface area contributed by atoms with E-state index in [1.54, 1.807) is 0 Å². The van der Waals surface area contributed by atoms with Gasteiger partial charge in [0, 0.05) is 0 Å². The van der Waals surface area contributed by atoms with Crippen LogP contribution < -0.4 is 9.47 Å². The van der Waals surface area contributed by atoms with Crippen LogP contribution in [0.1, 0.15) is 230 Å². The van der Waals surface area contributed by atoms with Crippen molar-refractivity contribution in [2.45, 2.75) is 233 Å². The molecule has 0 heterocycles. The van der Waals surface area contributed by atoms with Crippen LogP contribution in [0.15, 0.2) is 36.4 Å². The van der Waals surface area contributed by atoms with Crippen LogP contribution in [0.4, 0.5) is 4.79 Å². The lowest BCUT2D eigenvalue weighted by atomic mass is 9.99. The summed E-state index contributed by atoms with van der Waals surface area (Å²) < 4.78 is 12.0. The Morgan fingerprint density at radius 2 is 0.635 bits per heavy atom. The molecule has 0 unspecified atom stereocenters. The SMILES string of the molecule is CCCCCCCCCc1ccc(OC(=O)Oc2ccc(CCCCCCCCC)cc2CCCCCCCCC)c(CCCCCCCCC)c1. The third kappa shape index (κ3) is 22.7. The molecule has 0 atom stereocenters. The van der Waals surface area contributed by atoms with E-state index in [-0.39, 0.29) is 0 Å². The molecule has 0 bridgehead atoms. The van der Waals surface area contributed by atoms with Gasteiger partial charge in [0.2, 0.25) is 0 Å². The number of hydrogen-bond acceptors (Lipinski definition) is 3. The van der Waals surface area contributed by atoms with Gasteiger partial charge < -0.3 is 9.47 Å². The van der Waals surface area contributed by atoms with E-state index in [0.717, 1.165) is 49.7 Å². The molecule has 2 aromatic rings. The van der Waals surface area contributed by atoms with Crippen LogP contribution in [0, 0.1) is 0 Å². The molecule has 0 saturated heterocycles. The molecular formula is C49H82O3. The maximum absolute atomic E-state index is 13.4. The van der Waals surface area contributed by atoms with Gasteiger partial charge in [-0.25, -0.2) is 4.79 Å². The van der Waals surface area contributed by atoms with Crippen molar-refractivity contribution in [3.8, 4) is 11.5 Å². The average molecular weight is 719 g/mol. The molecule has 0 aromatic heterocycles. The standard InChI is InChI=1S/C49H82O3/c1-5-9-13-17-21-25-29-33-43-37-39-47(45(41-43)35-31-27-23-19-15-11-7-3)51-49(50)52-48-40-38-44(34-30-26-22-18-14-10-6-2)42-46(48)36-32-28-24-20-16-12-8-4/h37-42H,5-36H2,1-4H3. The van der Waals surface area contributed by atoms with E-state index in [2.05, 4.69) is 52.0 Å². The summed E-state index contributed by atoms with van der Waals surface area (Å²) in [5.41, 5.74) is 5.03. The molecule has 0 aliphatic carbocycles. The number of unbranched alkanes of at least 4 members (excludes halogenated alkanes) is 24. The zero-order chi connectivity index (χ0) is 37.3. The van der Waals surface area contributed by atoms with Gasteiger partial charge in [-0.2, -0.15) is 0 Å². The summed E-state index contributed by atoms with van der Waals surface area (Å²) in [6, 6.07) is 13.0. The van der Waals surface area contributed by atoms with Gasteiger partial charge in [-0.1, -0.05) is 206 Å². The van der Waals surface area contributed by atoms with E-state index >= 15 is 0 Å². The quantitative estimate of drug-likeness (QED) is 0.0410. The summed E-state index contributed by atoms with van der Waals surface area (Å²) in [7, 11) is 0. The van der Waals surface area contributed by atoms with Crippen LogP contribution >= 0.6 is 0 Å². The molecule has 2 rings (SSSR count). The highest BCUT2D eigenvalue weighted by molar-refractivity contribution is 5.68. The Morgan fingerprint density at radius 1 is 0.365 bits per heavy atom. The van der Waals surface area contributed by atoms with Crippen molar-refractivity contribution >= 4 is 6.16 Å². The van der Waals surface area contributed by atoms with Gasteiger partial charge in [-0.05, 0) is 85.8 Å². The van der Waals surface area contributed by atoms with E-state index in [0.29, 0.717) is 11.5 Å². The van der Waals surface area contributed by atoms with E-state index < -0.39 is 6.16 Å². The maximum Gasteiger partial charge on any atom is 0.519 e. The predicted molar refractivity (Wildman–Crippen MR) is 226 cm³/mol. The summed E-state index contributed by atoms with van der Waals surface area (Å²) in [5, 5.41) is 0. The molecule has 0 saturated carbocycles. The second kappa shape index (κ2) is 32.2. The summed E-state index contributed by atoms with van der Waals surface area (Å²) in [5.74, 6) is 1.34. The number of carbonyl (C=O) groups is 1. The molecule has 0 spiro atoms. The lowest BCUT2D eigenvalue weighted by Crippen LogP contribution is -2.16. The normalized spacial score (nSPS) is 11.3. The van der Waals surface area contributed by atoms with E-state index in [4.69, 9.17) is 9.47 Å². The van der Waals surface area contributed by atoms with Crippen LogP contribution in [0.3, 0.4) is 0 Å². The Balaban J connectivity index is 2.05. The molecule has 0 N–H and O–H groups in total. The lowest BCUT2D eigenvalue weighted by molar-refractivity contribution is 0.151. The van der Waals surface area contributed by atoms with Crippen molar-refractivity contribution < 1.29 is 14.3 Å². The maximum atomic E-state index is 13.4. The number of benzene rings is 2. The molecule has 0 radical (unpaired) electrons. The van der Waals surface area contributed by atoms with Gasteiger partial charge in [0.15, 0.2) is 0 Å². The van der Waals surface area contributed by atoms with E-state index in [9.17, 15) is 4.79 Å². The first-order valence-corrected chi connectivity index (χ1v) is 22.7. The van der Waals surface area contributed by atoms with Crippen LogP contribution in [0.25, 0.3) is 0 Å². The van der Waals surface area contributed by atoms with E-state index in [1.807, 2.05) is 12.1 Å². The Bertz CT molecular complexity index is 1050. The summed E-state index contributed by atoms with van der Waals surface area (Å²) in [4.78, 5) is 13.4. The summed E-state index contributed by atoms with van der Waals surface area (Å²) >= 11 is 0. The first-order chi connectivity index (χ1) is 25.6. The van der Waals surface area contributed by atoms with Crippen LogP contribution in [-0.4, -0.2) is 6.16 Å². The number of ether oxygens (including phenoxy) is 2. The highest BCUT2D eigenvalue weighted by Gasteiger charge is 2.16. The fourth-order valence-electron chi connectivity index (χ4n) is 7.48. The van der Waals surface area contributed by atoms with Crippen molar-refractivity contribution in [1.29, 1.82) is 0 Å². The molecule has 3 nitrogen and oxygen atoms in total. The zero-order valence-electron chi connectivity index (χ0n) is 34.8. The Kier molecular flexibility index (Phi) is 28.4. The average Bonchev–Trinajstić information content (AvgIpc) is 3.15. The third-order valence-electron chi connectivity index (χ3n) is 10.9. The summed E-state index contributed by atoms with van der Waals surface area (Å²) in [6.07, 6.45) is 39.8. The van der Waals surface area contributed by atoms with Crippen LogP contribution in [-0.2, 0) is 25.7 Å². The second-order valence-corrected chi connectivity index (χ2v) is 15.8. The lowest BCUT2D eigenvalue weighted by Gasteiger charge is -2.15. The molecule has 3 heteroatoms. The smallest absolute Gasteiger partial charge is 0.394 e. The van der Waals surface area contributed by atoms with Crippen LogP contribution in [0.2, 0.25) is 0 Å². The van der Waals surface area contributed by atoms with Gasteiger partial charge >= 0.3 is 6.16 Å². The van der Waals surface area contributed by atoms with Crippen molar-refractivity contribution in [1.82, 2.24) is 0 Å². The summed E-state index contributed by atoms with van der Waals surface area (Å²) in [6.45, 7) is 9.11. The molecule has 2 aromatic carbocycles. The van der Waals surface area contributed by atoms with Crippen LogP contribution in [0.5, 0.6) is 11.5 Å². The van der Waals surface area contributed by atoms with Gasteiger partial charge in [-0.15, -0.1) is 0 Å². The number of hydrogen-bond donors (Lipinski definition) is 0. The molecular weight excluding hydrogens is 637 g/mol. The predicted octanol–water partition coefficient (Wildman–Crippen LogP) is 16.4. The van der Waals surface area contributed by atoms with Crippen molar-refractivity contribution in [3.63, 3.8) is 0 Å². The topological polar surface area (TPSA) is 35.5 Å². The first-order valence-electron chi connectivity index (χ1n) is 22.7. The van der Waals surface area contributed by atoms with E-state index in [1.165, 1.54) is 178 Å². The fourth-order valence-corrected chi connectivity index (χ4v) is 7.48. The van der Waals surface area contributed by atoms with Gasteiger partial charge in [-0.3, -0.25) is 0 Å². The molecule has 0 aliphatic rings. The van der Waals surface area contributed by atoms with Gasteiger partial charge in [0.25, 0.3) is 0 Å². The first kappa shape index (κ1) is 45.9. The second-order valence-electron chi connectivity index (χ2n) is 15.8. The number of aryl methyl sites for hydroxylation is 4. The van der Waals surface area contributed by atoms with Crippen molar-refractivity contribution in [3.05, 3.63) is 58.7 Å². The highest BCUT2D eigenvalue weighted by Crippen LogP contribution is 2.28. The fraction of sp³-hybridized carbons (Fsp3) is 0.735. The van der Waals surface area contributed by atoms with Crippen molar-refractivity contribution in [2.24, 2.45) is 0 Å². The Labute approximate surface area is 322 Å².